The molecule has 7 nitrogen and oxygen atoms in total. The largest absolute Gasteiger partial charge is 0.360 e. The van der Waals surface area contributed by atoms with Gasteiger partial charge in [-0.25, -0.2) is 4.98 Å². The SMILES string of the molecule is N#Cc1c(-c2c[nH]c3ccc(Br)cc23)nc(C(S)c2cccc(NC(=O)c3ccc(Cl)c(Cl)c3)c2)[nH]c1=O. The van der Waals surface area contributed by atoms with Crippen LogP contribution in [0.2, 0.25) is 10.0 Å². The summed E-state index contributed by atoms with van der Waals surface area (Å²) in [6, 6.07) is 19.3. The highest BCUT2D eigenvalue weighted by atomic mass is 79.9. The second-order valence-electron chi connectivity index (χ2n) is 8.29. The number of halogens is 3. The van der Waals surface area contributed by atoms with Crippen LogP contribution in [0, 0.1) is 11.3 Å². The molecule has 1 unspecified atom stereocenters. The van der Waals surface area contributed by atoms with Crippen LogP contribution in [0.1, 0.15) is 32.6 Å². The fourth-order valence-corrected chi connectivity index (χ4v) is 4.93. The number of carbonyl (C=O) groups is 1. The molecule has 1 atom stereocenters. The lowest BCUT2D eigenvalue weighted by molar-refractivity contribution is 0.102. The third kappa shape index (κ3) is 5.08. The third-order valence-corrected chi connectivity index (χ3v) is 7.62. The number of nitrogens with one attached hydrogen (secondary N) is 3. The lowest BCUT2D eigenvalue weighted by atomic mass is 10.1. The molecule has 5 aromatic rings. The fraction of sp³-hybridized carbons (Fsp3) is 0.0370. The number of rotatable bonds is 5. The Morgan fingerprint density at radius 2 is 1.92 bits per heavy atom. The van der Waals surface area contributed by atoms with Gasteiger partial charge >= 0.3 is 0 Å². The maximum absolute atomic E-state index is 12.9. The molecule has 0 aliphatic rings. The van der Waals surface area contributed by atoms with E-state index in [2.05, 4.69) is 36.2 Å². The van der Waals surface area contributed by atoms with Gasteiger partial charge in [-0.15, -0.1) is 0 Å². The fourth-order valence-electron chi connectivity index (χ4n) is 3.99. The summed E-state index contributed by atoms with van der Waals surface area (Å²) in [5, 5.41) is 13.3. The van der Waals surface area contributed by atoms with E-state index in [4.69, 9.17) is 35.8 Å². The van der Waals surface area contributed by atoms with E-state index in [-0.39, 0.29) is 28.0 Å². The van der Waals surface area contributed by atoms with Gasteiger partial charge in [0.05, 0.1) is 21.0 Å². The first-order valence-electron chi connectivity index (χ1n) is 11.1. The van der Waals surface area contributed by atoms with Gasteiger partial charge in [-0.05, 0) is 54.1 Å². The van der Waals surface area contributed by atoms with Crippen molar-refractivity contribution in [3.05, 3.63) is 114 Å². The summed E-state index contributed by atoms with van der Waals surface area (Å²) in [6.07, 6.45) is 1.72. The number of aromatic amines is 2. The van der Waals surface area contributed by atoms with Crippen LogP contribution in [0.5, 0.6) is 0 Å². The molecule has 5 rings (SSSR count). The lowest BCUT2D eigenvalue weighted by Crippen LogP contribution is -2.18. The molecule has 3 aromatic carbocycles. The maximum atomic E-state index is 12.9. The second-order valence-corrected chi connectivity index (χ2v) is 10.5. The zero-order valence-electron chi connectivity index (χ0n) is 19.2. The number of amides is 1. The van der Waals surface area contributed by atoms with Gasteiger partial charge in [0, 0.05) is 38.4 Å². The predicted octanol–water partition coefficient (Wildman–Crippen LogP) is 7.13. The van der Waals surface area contributed by atoms with Crippen molar-refractivity contribution in [1.82, 2.24) is 15.0 Å². The number of anilines is 1. The van der Waals surface area contributed by atoms with E-state index in [1.54, 1.807) is 42.6 Å². The molecule has 188 valence electrons. The molecule has 0 bridgehead atoms. The molecule has 0 spiro atoms. The highest BCUT2D eigenvalue weighted by molar-refractivity contribution is 9.10. The zero-order valence-corrected chi connectivity index (χ0v) is 23.2. The molecular weight excluding hydrogens is 609 g/mol. The molecule has 0 fully saturated rings. The summed E-state index contributed by atoms with van der Waals surface area (Å²) in [6.45, 7) is 0. The summed E-state index contributed by atoms with van der Waals surface area (Å²) < 4.78 is 0.848. The third-order valence-electron chi connectivity index (χ3n) is 5.85. The number of nitriles is 1. The molecule has 0 aliphatic heterocycles. The molecule has 0 saturated heterocycles. The normalized spacial score (nSPS) is 11.8. The molecule has 0 saturated carbocycles. The van der Waals surface area contributed by atoms with E-state index < -0.39 is 10.8 Å². The Morgan fingerprint density at radius 1 is 1.11 bits per heavy atom. The van der Waals surface area contributed by atoms with E-state index in [1.807, 2.05) is 24.3 Å². The molecule has 0 aliphatic carbocycles. The van der Waals surface area contributed by atoms with Gasteiger partial charge in [-0.3, -0.25) is 9.59 Å². The van der Waals surface area contributed by atoms with Crippen LogP contribution < -0.4 is 10.9 Å². The first kappa shape index (κ1) is 26.1. The molecule has 3 N–H and O–H groups in total. The van der Waals surface area contributed by atoms with Crippen molar-refractivity contribution in [2.24, 2.45) is 0 Å². The Bertz CT molecular complexity index is 1830. The van der Waals surface area contributed by atoms with Gasteiger partial charge in [-0.1, -0.05) is 51.3 Å². The van der Waals surface area contributed by atoms with Gasteiger partial charge < -0.3 is 15.3 Å². The lowest BCUT2D eigenvalue weighted by Gasteiger charge is -2.14. The van der Waals surface area contributed by atoms with Crippen molar-refractivity contribution in [3.63, 3.8) is 0 Å². The average molecular weight is 625 g/mol. The summed E-state index contributed by atoms with van der Waals surface area (Å²) in [7, 11) is 0. The number of carbonyl (C=O) groups excluding carboxylic acids is 1. The predicted molar refractivity (Wildman–Crippen MR) is 156 cm³/mol. The van der Waals surface area contributed by atoms with Crippen molar-refractivity contribution in [1.29, 1.82) is 5.26 Å². The molecule has 38 heavy (non-hydrogen) atoms. The monoisotopic (exact) mass is 623 g/mol. The van der Waals surface area contributed by atoms with Crippen LogP contribution in [0.25, 0.3) is 22.2 Å². The van der Waals surface area contributed by atoms with Crippen LogP contribution >= 0.6 is 51.8 Å². The quantitative estimate of drug-likeness (QED) is 0.156. The van der Waals surface area contributed by atoms with Gasteiger partial charge in [0.15, 0.2) is 0 Å². The smallest absolute Gasteiger partial charge is 0.269 e. The van der Waals surface area contributed by atoms with Crippen LogP contribution in [0.15, 0.2) is 76.1 Å². The highest BCUT2D eigenvalue weighted by Crippen LogP contribution is 2.33. The van der Waals surface area contributed by atoms with Crippen molar-refractivity contribution < 1.29 is 4.79 Å². The Morgan fingerprint density at radius 3 is 2.68 bits per heavy atom. The molecule has 0 radical (unpaired) electrons. The second kappa shape index (κ2) is 10.7. The topological polar surface area (TPSA) is 114 Å². The maximum Gasteiger partial charge on any atom is 0.269 e. The molecule has 1 amide bonds. The Kier molecular flexibility index (Phi) is 7.32. The van der Waals surface area contributed by atoms with Gasteiger partial charge in [0.2, 0.25) is 0 Å². The molecule has 11 heteroatoms. The van der Waals surface area contributed by atoms with Gasteiger partial charge in [0.1, 0.15) is 17.5 Å². The molecular formula is C27H16BrCl2N5O2S. The minimum Gasteiger partial charge on any atom is -0.360 e. The van der Waals surface area contributed by atoms with Gasteiger partial charge in [0.25, 0.3) is 11.5 Å². The van der Waals surface area contributed by atoms with E-state index >= 15 is 0 Å². The van der Waals surface area contributed by atoms with Crippen LogP contribution in [0.3, 0.4) is 0 Å². The Hall–Kier alpha value is -3.55. The minimum atomic E-state index is -0.659. The highest BCUT2D eigenvalue weighted by Gasteiger charge is 2.21. The van der Waals surface area contributed by atoms with Crippen LogP contribution in [-0.4, -0.2) is 20.9 Å². The zero-order chi connectivity index (χ0) is 27.0. The number of aromatic nitrogens is 3. The average Bonchev–Trinajstić information content (AvgIpc) is 3.32. The van der Waals surface area contributed by atoms with Crippen molar-refractivity contribution in [3.8, 4) is 17.3 Å². The number of fused-ring (bicyclic) bond motifs is 1. The summed E-state index contributed by atoms with van der Waals surface area (Å²) in [4.78, 5) is 36.1. The van der Waals surface area contributed by atoms with E-state index in [0.29, 0.717) is 27.4 Å². The van der Waals surface area contributed by atoms with Crippen molar-refractivity contribution in [2.45, 2.75) is 5.25 Å². The standard InChI is InChI=1S/C27H16BrCl2N5O2S/c28-15-5-7-22-17(10-15)19(12-32-22)23-18(11-31)27(37)35-25(34-23)24(38)13-2-1-3-16(8-13)33-26(36)14-4-6-20(29)21(30)9-14/h1-10,12,24,32,38H,(H,33,36)(H,34,35,37). The first-order chi connectivity index (χ1) is 18.2. The summed E-state index contributed by atoms with van der Waals surface area (Å²) in [5.41, 5.74) is 2.56. The number of thiol groups is 1. The Labute approximate surface area is 240 Å². The number of H-pyrrole nitrogens is 2. The number of hydrogen-bond acceptors (Lipinski definition) is 5. The number of hydrogen-bond donors (Lipinski definition) is 4. The van der Waals surface area contributed by atoms with Crippen LogP contribution in [-0.2, 0) is 0 Å². The Balaban J connectivity index is 1.50. The van der Waals surface area contributed by atoms with E-state index in [9.17, 15) is 14.9 Å². The van der Waals surface area contributed by atoms with Gasteiger partial charge in [-0.2, -0.15) is 17.9 Å². The summed E-state index contributed by atoms with van der Waals surface area (Å²) >= 11 is 20.2. The van der Waals surface area contributed by atoms with Crippen molar-refractivity contribution in [2.75, 3.05) is 5.32 Å². The first-order valence-corrected chi connectivity index (χ1v) is 13.2. The van der Waals surface area contributed by atoms with E-state index in [0.717, 1.165) is 15.4 Å². The van der Waals surface area contributed by atoms with E-state index in [1.165, 1.54) is 6.07 Å². The minimum absolute atomic E-state index is 0.0993. The van der Waals surface area contributed by atoms with Crippen molar-refractivity contribution >= 4 is 74.3 Å². The summed E-state index contributed by atoms with van der Waals surface area (Å²) in [5.74, 6) is -0.112. The number of benzene rings is 3. The molecule has 2 aromatic heterocycles. The number of nitrogens with zero attached hydrogens (tertiary/aromatic N) is 2. The molecule has 2 heterocycles. The van der Waals surface area contributed by atoms with Crippen LogP contribution in [0.4, 0.5) is 5.69 Å².